The van der Waals surface area contributed by atoms with Crippen molar-refractivity contribution < 1.29 is 15.0 Å². The molecule has 1 rings (SSSR count). The molecule has 0 spiro atoms. The number of rotatable bonds is 4. The molecule has 1 heterocycles. The highest BCUT2D eigenvalue weighted by atomic mass is 16.4. The lowest BCUT2D eigenvalue weighted by atomic mass is 10.2. The van der Waals surface area contributed by atoms with Crippen LogP contribution >= 0.6 is 0 Å². The van der Waals surface area contributed by atoms with Crippen molar-refractivity contribution in [3.63, 3.8) is 0 Å². The van der Waals surface area contributed by atoms with Crippen LogP contribution in [-0.4, -0.2) is 39.9 Å². The molecule has 0 amide bonds. The minimum atomic E-state index is -0.843. The van der Waals surface area contributed by atoms with Crippen LogP contribution in [-0.2, 0) is 4.79 Å². The Labute approximate surface area is 90.2 Å². The minimum Gasteiger partial charge on any atom is -0.480 e. The van der Waals surface area contributed by atoms with Gasteiger partial charge in [0, 0.05) is 6.54 Å². The fourth-order valence-corrected chi connectivity index (χ4v) is 1.80. The van der Waals surface area contributed by atoms with Crippen LogP contribution in [0.25, 0.3) is 0 Å². The molecule has 15 heavy (non-hydrogen) atoms. The highest BCUT2D eigenvalue weighted by molar-refractivity contribution is 5.73. The molecule has 1 aliphatic heterocycles. The molecule has 0 bridgehead atoms. The molecule has 4 nitrogen and oxygen atoms in total. The third-order valence-corrected chi connectivity index (χ3v) is 2.59. The van der Waals surface area contributed by atoms with E-state index in [1.54, 1.807) is 11.0 Å². The van der Waals surface area contributed by atoms with Crippen molar-refractivity contribution in [3.05, 3.63) is 12.2 Å². The molecule has 1 fully saturated rings. The van der Waals surface area contributed by atoms with Crippen molar-refractivity contribution in [1.82, 2.24) is 4.90 Å². The molecular weight excluding hydrogens is 194 g/mol. The number of likely N-dealkylation sites (tertiary alicyclic amines) is 1. The molecule has 2 atom stereocenters. The van der Waals surface area contributed by atoms with E-state index in [0.29, 0.717) is 18.9 Å². The van der Waals surface area contributed by atoms with Crippen LogP contribution in [0.1, 0.15) is 26.7 Å². The zero-order valence-electron chi connectivity index (χ0n) is 9.26. The number of aliphatic hydroxyl groups excluding tert-OH is 1. The van der Waals surface area contributed by atoms with Crippen LogP contribution in [0.15, 0.2) is 12.2 Å². The number of carboxylic acid groups (broad SMARTS) is 1. The van der Waals surface area contributed by atoms with E-state index in [4.69, 9.17) is 5.11 Å². The first kappa shape index (κ1) is 12.2. The summed E-state index contributed by atoms with van der Waals surface area (Å²) in [6, 6.07) is -0.531. The van der Waals surface area contributed by atoms with E-state index in [9.17, 15) is 9.90 Å². The van der Waals surface area contributed by atoms with E-state index in [2.05, 4.69) is 0 Å². The van der Waals surface area contributed by atoms with Gasteiger partial charge in [0.15, 0.2) is 0 Å². The lowest BCUT2D eigenvalue weighted by Crippen LogP contribution is -2.42. The van der Waals surface area contributed by atoms with Gasteiger partial charge < -0.3 is 10.2 Å². The average Bonchev–Trinajstić information content (AvgIpc) is 2.62. The van der Waals surface area contributed by atoms with Crippen molar-refractivity contribution in [2.45, 2.75) is 39.0 Å². The summed E-state index contributed by atoms with van der Waals surface area (Å²) in [6.45, 7) is 4.68. The molecule has 0 aromatic carbocycles. The number of nitrogens with zero attached hydrogens (tertiary/aromatic N) is 1. The summed E-state index contributed by atoms with van der Waals surface area (Å²) in [5, 5.41) is 18.7. The fourth-order valence-electron chi connectivity index (χ4n) is 1.80. The van der Waals surface area contributed by atoms with Crippen LogP contribution < -0.4 is 0 Å². The predicted molar refractivity (Wildman–Crippen MR) is 57.3 cm³/mol. The fraction of sp³-hybridized carbons (Fsp3) is 0.727. The molecule has 0 radical (unpaired) electrons. The molecule has 0 saturated carbocycles. The van der Waals surface area contributed by atoms with Crippen LogP contribution in [0.2, 0.25) is 0 Å². The molecule has 1 unspecified atom stereocenters. The number of hydrogen-bond acceptors (Lipinski definition) is 3. The maximum atomic E-state index is 10.9. The first-order chi connectivity index (χ1) is 7.02. The van der Waals surface area contributed by atoms with Crippen LogP contribution in [0, 0.1) is 5.92 Å². The summed E-state index contributed by atoms with van der Waals surface area (Å²) in [5.74, 6) is -0.477. The molecule has 0 aliphatic carbocycles. The number of carbonyl (C=O) groups is 1. The van der Waals surface area contributed by atoms with Crippen LogP contribution in [0.4, 0.5) is 0 Å². The summed E-state index contributed by atoms with van der Waals surface area (Å²) in [4.78, 5) is 12.5. The van der Waals surface area contributed by atoms with E-state index >= 15 is 0 Å². The number of hydrogen-bond donors (Lipinski definition) is 2. The van der Waals surface area contributed by atoms with E-state index in [-0.39, 0.29) is 0 Å². The number of carboxylic acids is 1. The summed E-state index contributed by atoms with van der Waals surface area (Å²) < 4.78 is 0. The topological polar surface area (TPSA) is 60.8 Å². The van der Waals surface area contributed by atoms with Crippen molar-refractivity contribution >= 4 is 5.97 Å². The summed E-state index contributed by atoms with van der Waals surface area (Å²) in [5.41, 5.74) is 0. The Bertz CT molecular complexity index is 250. The highest BCUT2D eigenvalue weighted by Crippen LogP contribution is 2.20. The minimum absolute atomic E-state index is 0.366. The maximum absolute atomic E-state index is 10.9. The van der Waals surface area contributed by atoms with Crippen molar-refractivity contribution in [2.24, 2.45) is 5.92 Å². The van der Waals surface area contributed by atoms with Gasteiger partial charge in [-0.2, -0.15) is 0 Å². The zero-order chi connectivity index (χ0) is 11.4. The first-order valence-corrected chi connectivity index (χ1v) is 5.37. The number of aliphatic hydroxyl groups is 1. The van der Waals surface area contributed by atoms with Crippen LogP contribution in [0.3, 0.4) is 0 Å². The lowest BCUT2D eigenvalue weighted by molar-refractivity contribution is -0.144. The number of allylic oxidation sites excluding steroid dienone is 1. The Morgan fingerprint density at radius 1 is 1.47 bits per heavy atom. The standard InChI is InChI=1S/C11H19NO3/c1-8(2)5-6-10(13)12-7-3-4-9(12)11(14)15/h5-6,8-10,13H,3-4,7H2,1-2H3,(H,14,15)/b6-5+/t9-,10?/m0/s1. The van der Waals surface area contributed by atoms with Gasteiger partial charge in [0.25, 0.3) is 0 Å². The van der Waals surface area contributed by atoms with Crippen LogP contribution in [0.5, 0.6) is 0 Å². The average molecular weight is 213 g/mol. The number of aliphatic carboxylic acids is 1. The molecule has 2 N–H and O–H groups in total. The van der Waals surface area contributed by atoms with Gasteiger partial charge in [-0.1, -0.05) is 19.9 Å². The molecular formula is C11H19NO3. The van der Waals surface area contributed by atoms with Gasteiger partial charge >= 0.3 is 5.97 Å². The SMILES string of the molecule is CC(C)/C=C/C(O)N1CCC[C@H]1C(=O)O. The Balaban J connectivity index is 2.58. The normalized spacial score (nSPS) is 25.2. The summed E-state index contributed by atoms with van der Waals surface area (Å²) in [6.07, 6.45) is 4.26. The predicted octanol–water partition coefficient (Wildman–Crippen LogP) is 1.07. The molecule has 1 saturated heterocycles. The monoisotopic (exact) mass is 213 g/mol. The maximum Gasteiger partial charge on any atom is 0.321 e. The molecule has 0 aromatic heterocycles. The third-order valence-electron chi connectivity index (χ3n) is 2.59. The third kappa shape index (κ3) is 3.32. The van der Waals surface area contributed by atoms with Crippen molar-refractivity contribution in [2.75, 3.05) is 6.54 Å². The second kappa shape index (κ2) is 5.28. The zero-order valence-corrected chi connectivity index (χ0v) is 9.26. The molecule has 0 aromatic rings. The van der Waals surface area contributed by atoms with E-state index in [0.717, 1.165) is 6.42 Å². The van der Waals surface area contributed by atoms with Gasteiger partial charge in [0.2, 0.25) is 0 Å². The van der Waals surface area contributed by atoms with Gasteiger partial charge in [-0.15, -0.1) is 0 Å². The van der Waals surface area contributed by atoms with Crippen molar-refractivity contribution in [1.29, 1.82) is 0 Å². The van der Waals surface area contributed by atoms with E-state index < -0.39 is 18.2 Å². The molecule has 1 aliphatic rings. The quantitative estimate of drug-likeness (QED) is 0.686. The summed E-state index contributed by atoms with van der Waals surface area (Å²) >= 11 is 0. The van der Waals surface area contributed by atoms with E-state index in [1.807, 2.05) is 19.9 Å². The molecule has 4 heteroatoms. The lowest BCUT2D eigenvalue weighted by Gasteiger charge is -2.24. The summed E-state index contributed by atoms with van der Waals surface area (Å²) in [7, 11) is 0. The van der Waals surface area contributed by atoms with Gasteiger partial charge in [0.05, 0.1) is 0 Å². The second-order valence-corrected chi connectivity index (χ2v) is 4.28. The van der Waals surface area contributed by atoms with Gasteiger partial charge in [-0.3, -0.25) is 9.69 Å². The largest absolute Gasteiger partial charge is 0.480 e. The second-order valence-electron chi connectivity index (χ2n) is 4.28. The molecule has 86 valence electrons. The Morgan fingerprint density at radius 3 is 2.67 bits per heavy atom. The van der Waals surface area contributed by atoms with Gasteiger partial charge in [0.1, 0.15) is 12.3 Å². The van der Waals surface area contributed by atoms with Gasteiger partial charge in [-0.05, 0) is 24.8 Å². The van der Waals surface area contributed by atoms with E-state index in [1.165, 1.54) is 0 Å². The Kier molecular flexibility index (Phi) is 4.29. The Hall–Kier alpha value is -0.870. The van der Waals surface area contributed by atoms with Gasteiger partial charge in [-0.25, -0.2) is 0 Å². The smallest absolute Gasteiger partial charge is 0.321 e. The highest BCUT2D eigenvalue weighted by Gasteiger charge is 2.33. The van der Waals surface area contributed by atoms with Crippen molar-refractivity contribution in [3.8, 4) is 0 Å². The first-order valence-electron chi connectivity index (χ1n) is 5.37. The Morgan fingerprint density at radius 2 is 2.13 bits per heavy atom.